The fourth-order valence-corrected chi connectivity index (χ4v) is 3.56. The Bertz CT molecular complexity index is 1130. The third-order valence-corrected chi connectivity index (χ3v) is 4.98. The summed E-state index contributed by atoms with van der Waals surface area (Å²) in [6, 6.07) is 17.5. The van der Waals surface area contributed by atoms with Crippen molar-refractivity contribution >= 4 is 0 Å². The van der Waals surface area contributed by atoms with Crippen LogP contribution in [0.2, 0.25) is 0 Å². The van der Waals surface area contributed by atoms with Crippen LogP contribution >= 0.6 is 0 Å². The number of aromatic nitrogens is 2. The minimum absolute atomic E-state index is 0.0548. The number of rotatable bonds is 6. The number of ether oxygens (including phenoxy) is 3. The Kier molecular flexibility index (Phi) is 5.31. The zero-order valence-electron chi connectivity index (χ0n) is 16.8. The lowest BCUT2D eigenvalue weighted by Crippen LogP contribution is -2.21. The molecule has 2 aromatic carbocycles. The molecular weight excluding hydrogens is 380 g/mol. The Morgan fingerprint density at radius 1 is 1.20 bits per heavy atom. The molecule has 1 aliphatic rings. The number of hydrogen-bond acceptors (Lipinski definition) is 6. The lowest BCUT2D eigenvalue weighted by Gasteiger charge is -2.24. The third kappa shape index (κ3) is 3.44. The minimum atomic E-state index is -0.432. The molecule has 0 spiro atoms. The molecule has 3 aromatic rings. The molecule has 0 bridgehead atoms. The predicted octanol–water partition coefficient (Wildman–Crippen LogP) is 4.09. The third-order valence-electron chi connectivity index (χ3n) is 4.98. The van der Waals surface area contributed by atoms with Crippen molar-refractivity contribution in [2.75, 3.05) is 13.7 Å². The van der Waals surface area contributed by atoms with Gasteiger partial charge in [-0.25, -0.2) is 0 Å². The molecule has 2 heterocycles. The van der Waals surface area contributed by atoms with E-state index in [0.717, 1.165) is 34.6 Å². The minimum Gasteiger partial charge on any atom is -0.497 e. The maximum Gasteiger partial charge on any atom is 0.244 e. The van der Waals surface area contributed by atoms with Gasteiger partial charge in [-0.1, -0.05) is 19.1 Å². The zero-order chi connectivity index (χ0) is 21.1. The van der Waals surface area contributed by atoms with Gasteiger partial charge in [0.05, 0.1) is 30.9 Å². The molecule has 3 N–H and O–H groups in total. The van der Waals surface area contributed by atoms with Crippen LogP contribution in [0.15, 0.2) is 60.0 Å². The zero-order valence-corrected chi connectivity index (χ0v) is 16.8. The Labute approximate surface area is 174 Å². The quantitative estimate of drug-likeness (QED) is 0.643. The summed E-state index contributed by atoms with van der Waals surface area (Å²) in [5.41, 5.74) is 9.68. The highest BCUT2D eigenvalue weighted by molar-refractivity contribution is 5.71. The van der Waals surface area contributed by atoms with Crippen LogP contribution in [0.1, 0.15) is 30.4 Å². The van der Waals surface area contributed by atoms with E-state index < -0.39 is 5.92 Å². The van der Waals surface area contributed by atoms with Crippen LogP contribution in [-0.2, 0) is 0 Å². The number of nitrogens with two attached hydrogens (primary N) is 1. The topological polar surface area (TPSA) is 106 Å². The van der Waals surface area contributed by atoms with Crippen LogP contribution in [0.5, 0.6) is 17.4 Å². The second kappa shape index (κ2) is 8.21. The normalized spacial score (nSPS) is 15.2. The van der Waals surface area contributed by atoms with Gasteiger partial charge in [0.25, 0.3) is 0 Å². The molecule has 0 saturated heterocycles. The first-order chi connectivity index (χ1) is 14.7. The van der Waals surface area contributed by atoms with Crippen molar-refractivity contribution in [3.8, 4) is 34.7 Å². The summed E-state index contributed by atoms with van der Waals surface area (Å²) < 4.78 is 16.7. The highest BCUT2D eigenvalue weighted by Crippen LogP contribution is 2.46. The Morgan fingerprint density at radius 3 is 2.70 bits per heavy atom. The first-order valence-electron chi connectivity index (χ1n) is 9.69. The maximum absolute atomic E-state index is 9.82. The van der Waals surface area contributed by atoms with E-state index in [2.05, 4.69) is 23.2 Å². The second-order valence-electron chi connectivity index (χ2n) is 6.89. The highest BCUT2D eigenvalue weighted by atomic mass is 16.5. The van der Waals surface area contributed by atoms with Gasteiger partial charge in [-0.05, 0) is 48.4 Å². The number of hydrogen-bond donors (Lipinski definition) is 2. The molecule has 0 amide bonds. The van der Waals surface area contributed by atoms with Gasteiger partial charge >= 0.3 is 0 Å². The number of nitrogens with one attached hydrogen (secondary N) is 1. The number of methoxy groups -OCH3 is 1. The van der Waals surface area contributed by atoms with Gasteiger partial charge in [-0.15, -0.1) is 5.10 Å². The predicted molar refractivity (Wildman–Crippen MR) is 112 cm³/mol. The summed E-state index contributed by atoms with van der Waals surface area (Å²) in [6.07, 6.45) is 0.945. The van der Waals surface area contributed by atoms with Gasteiger partial charge in [-0.3, -0.25) is 5.10 Å². The molecule has 0 radical (unpaired) electrons. The van der Waals surface area contributed by atoms with Gasteiger partial charge in [0.1, 0.15) is 23.1 Å². The van der Waals surface area contributed by atoms with Gasteiger partial charge < -0.3 is 19.9 Å². The molecule has 1 unspecified atom stereocenters. The fourth-order valence-electron chi connectivity index (χ4n) is 3.56. The summed E-state index contributed by atoms with van der Waals surface area (Å²) in [7, 11) is 1.61. The van der Waals surface area contributed by atoms with Gasteiger partial charge in [0, 0.05) is 5.56 Å². The van der Waals surface area contributed by atoms with E-state index in [1.807, 2.05) is 48.5 Å². The number of allylic oxidation sites excluding steroid dienone is 1. The molecule has 0 aliphatic carbocycles. The van der Waals surface area contributed by atoms with Crippen LogP contribution in [-0.4, -0.2) is 23.9 Å². The fraction of sp³-hybridized carbons (Fsp3) is 0.217. The summed E-state index contributed by atoms with van der Waals surface area (Å²) in [5.74, 6) is 1.48. The lowest BCUT2D eigenvalue weighted by atomic mass is 9.83. The largest absolute Gasteiger partial charge is 0.497 e. The summed E-state index contributed by atoms with van der Waals surface area (Å²) in [5, 5.41) is 17.2. The summed E-state index contributed by atoms with van der Waals surface area (Å²) in [4.78, 5) is 0. The van der Waals surface area contributed by atoms with Crippen LogP contribution < -0.4 is 19.9 Å². The molecule has 1 aromatic heterocycles. The lowest BCUT2D eigenvalue weighted by molar-refractivity contribution is 0.317. The van der Waals surface area contributed by atoms with Crippen molar-refractivity contribution in [1.82, 2.24) is 10.2 Å². The average molecular weight is 402 g/mol. The Morgan fingerprint density at radius 2 is 2.00 bits per heavy atom. The molecule has 1 aliphatic heterocycles. The van der Waals surface area contributed by atoms with E-state index in [1.165, 1.54) is 0 Å². The molecule has 7 heteroatoms. The van der Waals surface area contributed by atoms with Gasteiger partial charge in [-0.2, -0.15) is 5.26 Å². The number of fused-ring (bicyclic) bond motifs is 1. The molecule has 7 nitrogen and oxygen atoms in total. The summed E-state index contributed by atoms with van der Waals surface area (Å²) in [6.45, 7) is 2.73. The van der Waals surface area contributed by atoms with Crippen LogP contribution in [0.25, 0.3) is 11.3 Å². The van der Waals surface area contributed by atoms with E-state index in [-0.39, 0.29) is 5.88 Å². The number of nitriles is 1. The smallest absolute Gasteiger partial charge is 0.244 e. The SMILES string of the molecule is CCCOc1ccc(-c2[nH]nc3c2C(c2cccc(OC)c2)C(C#N)=C(N)O3)cc1. The molecule has 0 fully saturated rings. The standard InChI is InChI=1S/C23H22N4O3/c1-3-11-29-16-9-7-14(8-10-16)21-20-19(15-5-4-6-17(12-15)28-2)18(13-24)22(25)30-23(20)27-26-21/h4-10,12,19H,3,11,25H2,1-2H3,(H,26,27). The number of H-pyrrole nitrogens is 1. The maximum atomic E-state index is 9.82. The number of benzene rings is 2. The van der Waals surface area contributed by atoms with E-state index in [0.29, 0.717) is 23.8 Å². The van der Waals surface area contributed by atoms with E-state index >= 15 is 0 Å². The van der Waals surface area contributed by atoms with Crippen LogP contribution in [0, 0.1) is 11.3 Å². The van der Waals surface area contributed by atoms with Crippen molar-refractivity contribution in [2.45, 2.75) is 19.3 Å². The molecule has 30 heavy (non-hydrogen) atoms. The van der Waals surface area contributed by atoms with Crippen LogP contribution in [0.4, 0.5) is 0 Å². The molecule has 4 rings (SSSR count). The Balaban J connectivity index is 1.82. The van der Waals surface area contributed by atoms with Crippen molar-refractivity contribution in [3.05, 3.63) is 71.1 Å². The number of nitrogens with zero attached hydrogens (tertiary/aromatic N) is 2. The van der Waals surface area contributed by atoms with Gasteiger partial charge in [0.15, 0.2) is 0 Å². The number of aromatic amines is 1. The van der Waals surface area contributed by atoms with Crippen molar-refractivity contribution in [2.24, 2.45) is 5.73 Å². The van der Waals surface area contributed by atoms with E-state index in [4.69, 9.17) is 19.9 Å². The van der Waals surface area contributed by atoms with Crippen molar-refractivity contribution < 1.29 is 14.2 Å². The molecule has 0 saturated carbocycles. The van der Waals surface area contributed by atoms with E-state index in [1.54, 1.807) is 7.11 Å². The monoisotopic (exact) mass is 402 g/mol. The molecule has 152 valence electrons. The first kappa shape index (κ1) is 19.4. The second-order valence-corrected chi connectivity index (χ2v) is 6.89. The van der Waals surface area contributed by atoms with Crippen molar-refractivity contribution in [3.63, 3.8) is 0 Å². The average Bonchev–Trinajstić information content (AvgIpc) is 3.20. The van der Waals surface area contributed by atoms with Crippen molar-refractivity contribution in [1.29, 1.82) is 5.26 Å². The van der Waals surface area contributed by atoms with E-state index in [9.17, 15) is 5.26 Å². The highest BCUT2D eigenvalue weighted by Gasteiger charge is 2.35. The first-order valence-corrected chi connectivity index (χ1v) is 9.69. The summed E-state index contributed by atoms with van der Waals surface area (Å²) >= 11 is 0. The Hall–Kier alpha value is -3.92. The molecular formula is C23H22N4O3. The molecule has 1 atom stereocenters. The van der Waals surface area contributed by atoms with Gasteiger partial charge in [0.2, 0.25) is 11.8 Å². The van der Waals surface area contributed by atoms with Crippen LogP contribution in [0.3, 0.4) is 0 Å².